The van der Waals surface area contributed by atoms with Crippen LogP contribution in [0.25, 0.3) is 0 Å². The van der Waals surface area contributed by atoms with Crippen LogP contribution in [0.2, 0.25) is 5.02 Å². The fourth-order valence-corrected chi connectivity index (χ4v) is 3.73. The van der Waals surface area contributed by atoms with E-state index < -0.39 is 29.5 Å². The fourth-order valence-electron chi connectivity index (χ4n) is 3.61. The number of amides is 2. The van der Waals surface area contributed by atoms with E-state index in [-0.39, 0.29) is 48.6 Å². The van der Waals surface area contributed by atoms with Crippen LogP contribution >= 0.6 is 11.6 Å². The Bertz CT molecular complexity index is 1180. The van der Waals surface area contributed by atoms with Gasteiger partial charge < -0.3 is 25.1 Å². The van der Waals surface area contributed by atoms with Crippen molar-refractivity contribution >= 4 is 29.4 Å². The molecule has 0 aliphatic carbocycles. The SMILES string of the molecule is COc1cc(F)c([C@@H]2CNC(=O)[C@H]2Nc2nnc(CC(=O)NCc3ccc(Cl)cc3)o2)c(F)c1. The van der Waals surface area contributed by atoms with Gasteiger partial charge in [-0.1, -0.05) is 28.8 Å². The molecule has 178 valence electrons. The Kier molecular flexibility index (Phi) is 6.92. The number of benzene rings is 2. The number of methoxy groups -OCH3 is 1. The molecule has 1 aliphatic rings. The molecule has 0 bridgehead atoms. The highest BCUT2D eigenvalue weighted by atomic mass is 35.5. The zero-order chi connectivity index (χ0) is 24.2. The number of carbonyl (C=O) groups is 2. The van der Waals surface area contributed by atoms with Crippen molar-refractivity contribution in [3.8, 4) is 5.75 Å². The molecule has 1 fully saturated rings. The van der Waals surface area contributed by atoms with E-state index in [4.69, 9.17) is 20.8 Å². The third kappa shape index (κ3) is 5.25. The molecule has 9 nitrogen and oxygen atoms in total. The first kappa shape index (κ1) is 23.4. The molecular formula is C22H20ClF2N5O4. The number of anilines is 1. The molecule has 2 amide bonds. The molecule has 0 saturated carbocycles. The molecule has 1 aromatic heterocycles. The summed E-state index contributed by atoms with van der Waals surface area (Å²) < 4.78 is 39.4. The molecule has 3 aromatic rings. The summed E-state index contributed by atoms with van der Waals surface area (Å²) in [7, 11) is 1.30. The molecule has 3 N–H and O–H groups in total. The Balaban J connectivity index is 1.40. The number of hydrogen-bond donors (Lipinski definition) is 3. The van der Waals surface area contributed by atoms with Crippen LogP contribution < -0.4 is 20.7 Å². The maximum absolute atomic E-state index is 14.6. The van der Waals surface area contributed by atoms with Crippen molar-refractivity contribution in [2.75, 3.05) is 19.0 Å². The quantitative estimate of drug-likeness (QED) is 0.443. The second-order valence-electron chi connectivity index (χ2n) is 7.56. The Labute approximate surface area is 197 Å². The number of rotatable bonds is 8. The summed E-state index contributed by atoms with van der Waals surface area (Å²) in [5.41, 5.74) is 0.597. The van der Waals surface area contributed by atoms with Crippen LogP contribution in [-0.4, -0.2) is 41.7 Å². The summed E-state index contributed by atoms with van der Waals surface area (Å²) >= 11 is 5.84. The number of nitrogens with one attached hydrogen (secondary N) is 3. The first-order valence-corrected chi connectivity index (χ1v) is 10.6. The van der Waals surface area contributed by atoms with Gasteiger partial charge in [0.1, 0.15) is 29.8 Å². The summed E-state index contributed by atoms with van der Waals surface area (Å²) in [6.45, 7) is 0.295. The van der Waals surface area contributed by atoms with Crippen molar-refractivity contribution < 1.29 is 27.5 Å². The minimum absolute atomic E-state index is 0.00473. The molecule has 2 heterocycles. The van der Waals surface area contributed by atoms with E-state index in [1.807, 2.05) is 0 Å². The lowest BCUT2D eigenvalue weighted by Gasteiger charge is -2.19. The second kappa shape index (κ2) is 10.0. The van der Waals surface area contributed by atoms with Gasteiger partial charge in [0.2, 0.25) is 17.7 Å². The zero-order valence-corrected chi connectivity index (χ0v) is 18.7. The molecule has 1 saturated heterocycles. The highest BCUT2D eigenvalue weighted by molar-refractivity contribution is 6.30. The molecule has 1 aliphatic heterocycles. The van der Waals surface area contributed by atoms with Gasteiger partial charge in [-0.25, -0.2) is 8.78 Å². The van der Waals surface area contributed by atoms with Crippen molar-refractivity contribution in [2.45, 2.75) is 24.9 Å². The monoisotopic (exact) mass is 491 g/mol. The Morgan fingerprint density at radius 3 is 2.62 bits per heavy atom. The summed E-state index contributed by atoms with van der Waals surface area (Å²) in [5.74, 6) is -3.37. The van der Waals surface area contributed by atoms with Crippen molar-refractivity contribution in [2.24, 2.45) is 0 Å². The van der Waals surface area contributed by atoms with Gasteiger partial charge in [-0.15, -0.1) is 5.10 Å². The van der Waals surface area contributed by atoms with E-state index in [0.717, 1.165) is 17.7 Å². The average molecular weight is 492 g/mol. The molecule has 0 radical (unpaired) electrons. The predicted octanol–water partition coefficient (Wildman–Crippen LogP) is 2.56. The first-order valence-electron chi connectivity index (χ1n) is 10.2. The first-order chi connectivity index (χ1) is 16.3. The van der Waals surface area contributed by atoms with Crippen LogP contribution in [0.5, 0.6) is 5.75 Å². The van der Waals surface area contributed by atoms with Crippen LogP contribution in [0.1, 0.15) is 22.9 Å². The molecule has 0 unspecified atom stereocenters. The molecule has 12 heteroatoms. The summed E-state index contributed by atoms with van der Waals surface area (Å²) in [6.07, 6.45) is -0.190. The van der Waals surface area contributed by atoms with Gasteiger partial charge in [0.15, 0.2) is 0 Å². The third-order valence-electron chi connectivity index (χ3n) is 5.30. The summed E-state index contributed by atoms with van der Waals surface area (Å²) in [4.78, 5) is 24.5. The second-order valence-corrected chi connectivity index (χ2v) is 8.00. The molecular weight excluding hydrogens is 472 g/mol. The summed E-state index contributed by atoms with van der Waals surface area (Å²) in [6, 6.07) is 7.89. The maximum atomic E-state index is 14.6. The minimum atomic E-state index is -1.07. The van der Waals surface area contributed by atoms with E-state index in [1.165, 1.54) is 7.11 Å². The lowest BCUT2D eigenvalue weighted by Crippen LogP contribution is -2.33. The van der Waals surface area contributed by atoms with Gasteiger partial charge in [-0.05, 0) is 17.7 Å². The summed E-state index contributed by atoms with van der Waals surface area (Å²) in [5, 5.41) is 16.2. The normalized spacial score (nSPS) is 17.4. The lowest BCUT2D eigenvalue weighted by atomic mass is 9.93. The van der Waals surface area contributed by atoms with Crippen LogP contribution in [0.4, 0.5) is 14.8 Å². The Morgan fingerprint density at radius 2 is 1.94 bits per heavy atom. The third-order valence-corrected chi connectivity index (χ3v) is 5.55. The van der Waals surface area contributed by atoms with Crippen molar-refractivity contribution in [3.63, 3.8) is 0 Å². The van der Waals surface area contributed by atoms with Gasteiger partial charge in [0.05, 0.1) is 7.11 Å². The number of hydrogen-bond acceptors (Lipinski definition) is 7. The van der Waals surface area contributed by atoms with E-state index in [2.05, 4.69) is 26.1 Å². The highest BCUT2D eigenvalue weighted by Crippen LogP contribution is 2.32. The number of carbonyl (C=O) groups excluding carboxylic acids is 2. The van der Waals surface area contributed by atoms with E-state index in [0.29, 0.717) is 5.02 Å². The largest absolute Gasteiger partial charge is 0.497 e. The van der Waals surface area contributed by atoms with Crippen LogP contribution in [-0.2, 0) is 22.6 Å². The smallest absolute Gasteiger partial charge is 0.316 e. The average Bonchev–Trinajstić information content (AvgIpc) is 3.40. The van der Waals surface area contributed by atoms with E-state index in [1.54, 1.807) is 24.3 Å². The predicted molar refractivity (Wildman–Crippen MR) is 117 cm³/mol. The minimum Gasteiger partial charge on any atom is -0.497 e. The van der Waals surface area contributed by atoms with Crippen LogP contribution in [0.15, 0.2) is 40.8 Å². The fraction of sp³-hybridized carbons (Fsp3) is 0.273. The zero-order valence-electron chi connectivity index (χ0n) is 17.9. The van der Waals surface area contributed by atoms with Gasteiger partial charge in [0.25, 0.3) is 0 Å². The van der Waals surface area contributed by atoms with Gasteiger partial charge in [-0.3, -0.25) is 9.59 Å². The lowest BCUT2D eigenvalue weighted by molar-refractivity contribution is -0.121. The number of halogens is 3. The Hall–Kier alpha value is -3.73. The maximum Gasteiger partial charge on any atom is 0.316 e. The van der Waals surface area contributed by atoms with Crippen molar-refractivity contribution in [3.05, 3.63) is 70.1 Å². The molecule has 0 spiro atoms. The molecule has 2 atom stereocenters. The molecule has 4 rings (SSSR count). The molecule has 34 heavy (non-hydrogen) atoms. The Morgan fingerprint density at radius 1 is 1.24 bits per heavy atom. The van der Waals surface area contributed by atoms with Gasteiger partial charge >= 0.3 is 6.01 Å². The van der Waals surface area contributed by atoms with E-state index in [9.17, 15) is 18.4 Å². The van der Waals surface area contributed by atoms with Crippen molar-refractivity contribution in [1.29, 1.82) is 0 Å². The highest BCUT2D eigenvalue weighted by Gasteiger charge is 2.40. The van der Waals surface area contributed by atoms with E-state index >= 15 is 0 Å². The van der Waals surface area contributed by atoms with Crippen LogP contribution in [0, 0.1) is 11.6 Å². The number of nitrogens with zero attached hydrogens (tertiary/aromatic N) is 2. The standard InChI is InChI=1S/C22H20ClF2N5O4/c1-33-13-6-15(24)19(16(25)7-13)14-10-27-21(32)20(14)28-22-30-29-18(34-22)8-17(31)26-9-11-2-4-12(23)5-3-11/h2-7,14,20H,8-10H2,1H3,(H,26,31)(H,27,32)(H,28,30)/t14-,20-/m0/s1. The van der Waals surface area contributed by atoms with Crippen LogP contribution in [0.3, 0.4) is 0 Å². The topological polar surface area (TPSA) is 118 Å². The molecule has 2 aromatic carbocycles. The van der Waals surface area contributed by atoms with Crippen molar-refractivity contribution in [1.82, 2.24) is 20.8 Å². The van der Waals surface area contributed by atoms with Gasteiger partial charge in [-0.2, -0.15) is 0 Å². The number of aromatic nitrogens is 2. The number of ether oxygens (including phenoxy) is 1. The van der Waals surface area contributed by atoms with Gasteiger partial charge in [0, 0.05) is 41.7 Å².